The maximum Gasteiger partial charge on any atom is 0.264 e. The van der Waals surface area contributed by atoms with Crippen LogP contribution in [0.25, 0.3) is 11.8 Å². The number of sulfonamides is 1. The van der Waals surface area contributed by atoms with Gasteiger partial charge in [0.2, 0.25) is 5.03 Å². The molecule has 10 nitrogen and oxygen atoms in total. The summed E-state index contributed by atoms with van der Waals surface area (Å²) in [5.41, 5.74) is 3.88. The van der Waals surface area contributed by atoms with Crippen LogP contribution in [-0.4, -0.2) is 61.4 Å². The molecule has 4 aromatic rings. The summed E-state index contributed by atoms with van der Waals surface area (Å²) in [6.45, 7) is 0. The minimum atomic E-state index is -3.93. The van der Waals surface area contributed by atoms with Gasteiger partial charge in [0.05, 0.1) is 29.2 Å². The zero-order chi connectivity index (χ0) is 29.2. The normalized spacial score (nSPS) is 22.0. The van der Waals surface area contributed by atoms with Gasteiger partial charge in [-0.1, -0.05) is 11.6 Å². The van der Waals surface area contributed by atoms with Crippen LogP contribution in [0.15, 0.2) is 65.6 Å². The predicted octanol–water partition coefficient (Wildman–Crippen LogP) is 4.09. The van der Waals surface area contributed by atoms with E-state index in [1.54, 1.807) is 43.3 Å². The Bertz CT molecular complexity index is 1820. The van der Waals surface area contributed by atoms with Crippen molar-refractivity contribution in [3.8, 4) is 5.69 Å². The summed E-state index contributed by atoms with van der Waals surface area (Å²) >= 11 is 0. The van der Waals surface area contributed by atoms with Gasteiger partial charge < -0.3 is 0 Å². The molecule has 216 valence electrons. The first kappa shape index (κ1) is 26.8. The van der Waals surface area contributed by atoms with Crippen molar-refractivity contribution in [3.05, 3.63) is 88.9 Å². The second-order valence-electron chi connectivity index (χ2n) is 11.5. The van der Waals surface area contributed by atoms with E-state index in [4.69, 9.17) is 0 Å². The van der Waals surface area contributed by atoms with Crippen molar-refractivity contribution in [2.75, 3.05) is 7.05 Å². The number of fused-ring (bicyclic) bond motifs is 2. The molecule has 1 aromatic carbocycles. The highest BCUT2D eigenvalue weighted by Gasteiger charge is 2.51. The number of carbonyl (C=O) groups excluding carboxylic acids is 1. The molecule has 12 heteroatoms. The summed E-state index contributed by atoms with van der Waals surface area (Å²) in [5.74, 6) is 0.0666. The molecule has 2 fully saturated rings. The number of ketones is 1. The number of aromatic nitrogens is 6. The number of carbonyl (C=O) groups is 1. The Morgan fingerprint density at radius 1 is 1.05 bits per heavy atom. The zero-order valence-corrected chi connectivity index (χ0v) is 24.1. The Kier molecular flexibility index (Phi) is 6.24. The first-order valence-electron chi connectivity index (χ1n) is 14.0. The lowest BCUT2D eigenvalue weighted by molar-refractivity contribution is 0.0747. The fourth-order valence-corrected chi connectivity index (χ4v) is 7.68. The summed E-state index contributed by atoms with van der Waals surface area (Å²) < 4.78 is 43.7. The van der Waals surface area contributed by atoms with Crippen LogP contribution < -0.4 is 0 Å². The monoisotopic (exact) mass is 587 g/mol. The molecule has 0 radical (unpaired) electrons. The van der Waals surface area contributed by atoms with Crippen LogP contribution in [0.4, 0.5) is 4.39 Å². The first-order valence-corrected chi connectivity index (χ1v) is 15.5. The lowest BCUT2D eigenvalue weighted by Gasteiger charge is -2.45. The van der Waals surface area contributed by atoms with Gasteiger partial charge in [-0.05, 0) is 92.0 Å². The molecule has 0 aliphatic heterocycles. The predicted molar refractivity (Wildman–Crippen MR) is 152 cm³/mol. The van der Waals surface area contributed by atoms with E-state index < -0.39 is 21.5 Å². The molecule has 0 unspecified atom stereocenters. The largest absolute Gasteiger partial charge is 0.291 e. The number of Topliss-reactive ketones (excluding diaryl/α,β-unsaturated/α-hetero) is 1. The smallest absolute Gasteiger partial charge is 0.264 e. The number of benzene rings is 1. The number of halogens is 1. The molecule has 0 saturated heterocycles. The van der Waals surface area contributed by atoms with Gasteiger partial charge in [-0.3, -0.25) is 9.78 Å². The molecular formula is C30H30FN7O3S. The van der Waals surface area contributed by atoms with Gasteiger partial charge in [-0.2, -0.15) is 19.3 Å². The van der Waals surface area contributed by atoms with Crippen molar-refractivity contribution >= 4 is 21.9 Å². The molecular weight excluding hydrogens is 557 g/mol. The van der Waals surface area contributed by atoms with E-state index in [0.717, 1.165) is 35.2 Å². The Hall–Kier alpha value is -4.03. The fraction of sp³-hybridized carbons (Fsp3) is 0.367. The van der Waals surface area contributed by atoms with Crippen LogP contribution in [0.5, 0.6) is 0 Å². The number of hydrogen-bond acceptors (Lipinski definition) is 7. The highest BCUT2D eigenvalue weighted by atomic mass is 32.2. The number of allylic oxidation sites excluding steroid dienone is 1. The van der Waals surface area contributed by atoms with E-state index in [1.165, 1.54) is 27.4 Å². The third-order valence-corrected chi connectivity index (χ3v) is 10.7. The third kappa shape index (κ3) is 4.40. The molecule has 2 saturated carbocycles. The molecule has 0 bridgehead atoms. The van der Waals surface area contributed by atoms with Crippen molar-refractivity contribution in [1.82, 2.24) is 34.1 Å². The van der Waals surface area contributed by atoms with Crippen molar-refractivity contribution in [2.24, 2.45) is 12.5 Å². The molecule has 3 aromatic heterocycles. The van der Waals surface area contributed by atoms with E-state index in [2.05, 4.69) is 20.3 Å². The average Bonchev–Trinajstić information content (AvgIpc) is 3.63. The molecule has 3 aliphatic carbocycles. The van der Waals surface area contributed by atoms with Gasteiger partial charge >= 0.3 is 0 Å². The number of nitrogens with zero attached hydrogens (tertiary/aromatic N) is 7. The van der Waals surface area contributed by atoms with Crippen molar-refractivity contribution in [3.63, 3.8) is 0 Å². The minimum absolute atomic E-state index is 0.119. The van der Waals surface area contributed by atoms with Gasteiger partial charge in [-0.25, -0.2) is 17.5 Å². The summed E-state index contributed by atoms with van der Waals surface area (Å²) in [6.07, 6.45) is 10.8. The number of rotatable bonds is 7. The van der Waals surface area contributed by atoms with E-state index in [-0.39, 0.29) is 16.6 Å². The van der Waals surface area contributed by atoms with E-state index >= 15 is 0 Å². The van der Waals surface area contributed by atoms with Crippen LogP contribution in [0.2, 0.25) is 0 Å². The Labute approximate surface area is 242 Å². The van der Waals surface area contributed by atoms with Crippen LogP contribution >= 0.6 is 0 Å². The van der Waals surface area contributed by atoms with Gasteiger partial charge in [0.15, 0.2) is 5.78 Å². The maximum absolute atomic E-state index is 14.5. The van der Waals surface area contributed by atoms with E-state index in [1.807, 2.05) is 18.2 Å². The molecule has 0 amide bonds. The second kappa shape index (κ2) is 9.77. The standard InChI is InChI=1S/C30H30FN7O3S/c1-36(42(40,41)28-18-33-37(2)35-28)25-9-6-22-13-27-21(17-34-38(27)24-10-7-23(31)8-11-24)14-30(22,15-25)29(39)26-12-5-20(16-32-26)19-3-4-19/h5,7-8,10-13,16-19,25H,3-4,6,9,14-15H2,1-2H3/t25-,30-/m0/s1. The zero-order valence-electron chi connectivity index (χ0n) is 23.3. The minimum Gasteiger partial charge on any atom is -0.291 e. The molecule has 2 atom stereocenters. The lowest BCUT2D eigenvalue weighted by atomic mass is 9.60. The summed E-state index contributed by atoms with van der Waals surface area (Å²) in [4.78, 5) is 20.3. The van der Waals surface area contributed by atoms with Gasteiger partial charge in [0.25, 0.3) is 10.0 Å². The summed E-state index contributed by atoms with van der Waals surface area (Å²) in [6, 6.07) is 9.47. The molecule has 42 heavy (non-hydrogen) atoms. The van der Waals surface area contributed by atoms with Gasteiger partial charge in [0.1, 0.15) is 11.5 Å². The quantitative estimate of drug-likeness (QED) is 0.299. The topological polar surface area (TPSA) is 116 Å². The molecule has 0 N–H and O–H groups in total. The van der Waals surface area contributed by atoms with E-state index in [9.17, 15) is 17.6 Å². The second-order valence-corrected chi connectivity index (χ2v) is 13.5. The maximum atomic E-state index is 14.5. The van der Waals surface area contributed by atoms with Crippen molar-refractivity contribution in [1.29, 1.82) is 0 Å². The molecule has 3 aliphatic rings. The van der Waals surface area contributed by atoms with Crippen LogP contribution in [-0.2, 0) is 23.5 Å². The SMILES string of the molecule is CN([C@H]1CCC2=Cc3c(cnn3-c3ccc(F)cc3)C[C@]2(C(=O)c2ccc(C3CC3)cn2)C1)S(=O)(=O)c1cnn(C)n1. The molecule has 7 rings (SSSR count). The van der Waals surface area contributed by atoms with Crippen LogP contribution in [0.3, 0.4) is 0 Å². The molecule has 0 spiro atoms. The van der Waals surface area contributed by atoms with Crippen LogP contribution in [0, 0.1) is 11.2 Å². The summed E-state index contributed by atoms with van der Waals surface area (Å²) in [7, 11) is -0.818. The first-order chi connectivity index (χ1) is 20.2. The average molecular weight is 588 g/mol. The Morgan fingerprint density at radius 3 is 2.50 bits per heavy atom. The highest BCUT2D eigenvalue weighted by molar-refractivity contribution is 7.89. The van der Waals surface area contributed by atoms with Gasteiger partial charge in [0, 0.05) is 26.3 Å². The fourth-order valence-electron chi connectivity index (χ4n) is 6.41. The Balaban J connectivity index is 1.28. The summed E-state index contributed by atoms with van der Waals surface area (Å²) in [5, 5.41) is 12.4. The third-order valence-electron chi connectivity index (χ3n) is 8.94. The number of hydrogen-bond donors (Lipinski definition) is 0. The van der Waals surface area contributed by atoms with Crippen LogP contribution in [0.1, 0.15) is 65.3 Å². The number of aryl methyl sites for hydroxylation is 1. The van der Waals surface area contributed by atoms with Gasteiger partial charge in [-0.15, -0.1) is 5.10 Å². The number of pyridine rings is 1. The molecule has 3 heterocycles. The Morgan fingerprint density at radius 2 is 1.83 bits per heavy atom. The van der Waals surface area contributed by atoms with Crippen molar-refractivity contribution in [2.45, 2.75) is 55.5 Å². The lowest BCUT2D eigenvalue weighted by Crippen LogP contribution is -2.49. The van der Waals surface area contributed by atoms with E-state index in [0.29, 0.717) is 43.0 Å². The van der Waals surface area contributed by atoms with Crippen molar-refractivity contribution < 1.29 is 17.6 Å². The highest BCUT2D eigenvalue weighted by Crippen LogP contribution is 2.51.